The Hall–Kier alpha value is -3.83. The molecule has 5 atom stereocenters. The topological polar surface area (TPSA) is 107 Å². The molecule has 3 aromatic carbocycles. The van der Waals surface area contributed by atoms with E-state index in [1.165, 1.54) is 7.11 Å². The number of hydrogen-bond donors (Lipinski definition) is 0. The zero-order valence-electron chi connectivity index (χ0n) is 23.4. The van der Waals surface area contributed by atoms with E-state index in [2.05, 4.69) is 0 Å². The molecule has 9 nitrogen and oxygen atoms in total. The van der Waals surface area contributed by atoms with Crippen LogP contribution in [0, 0.1) is 0 Å². The van der Waals surface area contributed by atoms with Crippen LogP contribution in [0.25, 0.3) is 0 Å². The van der Waals surface area contributed by atoms with Crippen LogP contribution in [0.3, 0.4) is 0 Å². The smallest absolute Gasteiger partial charge is 0.338 e. The quantitative estimate of drug-likeness (QED) is 0.189. The molecule has 216 valence electrons. The van der Waals surface area contributed by atoms with Gasteiger partial charge in [-0.15, -0.1) is 0 Å². The number of hydrogen-bond acceptors (Lipinski definition) is 9. The standard InChI is InChI=1S/C31H34O9Si/c1-35-31-27(39-30(34)23-18-12-7-13-19-23)26(40-41(2,3)4)25(38-29(33)22-16-10-6-11-17-22)24(37-31)20-36-28(32)21-14-8-5-9-15-21/h5-19,24-27,31H,20H2,1-4H3/t24-,25+,26+,27-,31+/m1/s1. The van der Waals surface area contributed by atoms with Gasteiger partial charge in [-0.3, -0.25) is 0 Å². The zero-order chi connectivity index (χ0) is 29.4. The van der Waals surface area contributed by atoms with Gasteiger partial charge >= 0.3 is 17.9 Å². The third-order valence-corrected chi connectivity index (χ3v) is 7.19. The highest BCUT2D eigenvalue weighted by Crippen LogP contribution is 2.32. The first-order chi connectivity index (χ1) is 19.7. The van der Waals surface area contributed by atoms with E-state index < -0.39 is 56.9 Å². The van der Waals surface area contributed by atoms with Crippen molar-refractivity contribution in [2.75, 3.05) is 13.7 Å². The second kappa shape index (κ2) is 13.7. The van der Waals surface area contributed by atoms with Gasteiger partial charge in [0.25, 0.3) is 0 Å². The summed E-state index contributed by atoms with van der Waals surface area (Å²) in [5.41, 5.74) is 0.992. The average molecular weight is 579 g/mol. The van der Waals surface area contributed by atoms with Gasteiger partial charge in [0.15, 0.2) is 26.8 Å². The van der Waals surface area contributed by atoms with Gasteiger partial charge in [-0.05, 0) is 56.0 Å². The van der Waals surface area contributed by atoms with E-state index in [4.69, 9.17) is 28.1 Å². The molecule has 0 amide bonds. The van der Waals surface area contributed by atoms with Gasteiger partial charge in [0.05, 0.1) is 16.7 Å². The van der Waals surface area contributed by atoms with E-state index >= 15 is 0 Å². The Morgan fingerprint density at radius 2 is 1.10 bits per heavy atom. The highest BCUT2D eigenvalue weighted by molar-refractivity contribution is 6.69. The van der Waals surface area contributed by atoms with Crippen LogP contribution >= 0.6 is 0 Å². The Morgan fingerprint density at radius 3 is 1.54 bits per heavy atom. The summed E-state index contributed by atoms with van der Waals surface area (Å²) in [6.07, 6.45) is -5.29. The van der Waals surface area contributed by atoms with Gasteiger partial charge in [-0.25, -0.2) is 14.4 Å². The van der Waals surface area contributed by atoms with Crippen molar-refractivity contribution in [1.29, 1.82) is 0 Å². The molecule has 3 aromatic rings. The molecule has 1 aliphatic rings. The van der Waals surface area contributed by atoms with Crippen molar-refractivity contribution < 1.29 is 42.5 Å². The first-order valence-electron chi connectivity index (χ1n) is 13.3. The molecule has 10 heteroatoms. The monoisotopic (exact) mass is 578 g/mol. The van der Waals surface area contributed by atoms with Crippen LogP contribution in [-0.2, 0) is 28.1 Å². The van der Waals surface area contributed by atoms with Gasteiger partial charge in [-0.2, -0.15) is 0 Å². The Morgan fingerprint density at radius 1 is 0.659 bits per heavy atom. The van der Waals surface area contributed by atoms with Crippen molar-refractivity contribution in [2.24, 2.45) is 0 Å². The van der Waals surface area contributed by atoms with Crippen LogP contribution in [0.1, 0.15) is 31.1 Å². The van der Waals surface area contributed by atoms with Crippen molar-refractivity contribution in [1.82, 2.24) is 0 Å². The lowest BCUT2D eigenvalue weighted by Gasteiger charge is -2.46. The number of carbonyl (C=O) groups is 3. The van der Waals surface area contributed by atoms with Gasteiger partial charge < -0.3 is 28.1 Å². The predicted molar refractivity (Wildman–Crippen MR) is 152 cm³/mol. The van der Waals surface area contributed by atoms with Crippen molar-refractivity contribution >= 4 is 26.2 Å². The molecular formula is C31H34O9Si. The predicted octanol–water partition coefficient (Wildman–Crippen LogP) is 4.89. The van der Waals surface area contributed by atoms with Crippen LogP contribution < -0.4 is 0 Å². The minimum Gasteiger partial charge on any atom is -0.459 e. The molecule has 41 heavy (non-hydrogen) atoms. The summed E-state index contributed by atoms with van der Waals surface area (Å²) in [4.78, 5) is 39.2. The lowest BCUT2D eigenvalue weighted by atomic mass is 9.98. The van der Waals surface area contributed by atoms with Crippen LogP contribution in [0.15, 0.2) is 91.0 Å². The Bertz CT molecular complexity index is 1300. The molecule has 0 N–H and O–H groups in total. The van der Waals surface area contributed by atoms with E-state index in [0.29, 0.717) is 16.7 Å². The number of methoxy groups -OCH3 is 1. The molecule has 1 saturated heterocycles. The second-order valence-electron chi connectivity index (χ2n) is 10.4. The largest absolute Gasteiger partial charge is 0.459 e. The third-order valence-electron chi connectivity index (χ3n) is 6.21. The number of carbonyl (C=O) groups excluding carboxylic acids is 3. The summed E-state index contributed by atoms with van der Waals surface area (Å²) < 4.78 is 35.7. The van der Waals surface area contributed by atoms with Crippen LogP contribution in [0.5, 0.6) is 0 Å². The number of rotatable bonds is 10. The molecule has 1 heterocycles. The van der Waals surface area contributed by atoms with Crippen molar-refractivity contribution in [2.45, 2.75) is 50.3 Å². The third kappa shape index (κ3) is 8.11. The summed E-state index contributed by atoms with van der Waals surface area (Å²) in [5.74, 6) is -1.82. The maximum atomic E-state index is 13.3. The molecule has 0 aliphatic carbocycles. The summed E-state index contributed by atoms with van der Waals surface area (Å²) >= 11 is 0. The Balaban J connectivity index is 1.67. The van der Waals surface area contributed by atoms with E-state index in [9.17, 15) is 14.4 Å². The average Bonchev–Trinajstić information content (AvgIpc) is 2.98. The molecule has 0 spiro atoms. The van der Waals surface area contributed by atoms with Crippen molar-refractivity contribution in [3.05, 3.63) is 108 Å². The Kier molecular flexibility index (Phi) is 10.1. The van der Waals surface area contributed by atoms with E-state index in [-0.39, 0.29) is 6.61 Å². The lowest BCUT2D eigenvalue weighted by molar-refractivity contribution is -0.289. The molecule has 0 aromatic heterocycles. The number of esters is 3. The maximum absolute atomic E-state index is 13.3. The molecular weight excluding hydrogens is 544 g/mol. The Labute approximate surface area is 240 Å². The van der Waals surface area contributed by atoms with Crippen LogP contribution in [-0.4, -0.2) is 70.6 Å². The first-order valence-corrected chi connectivity index (χ1v) is 16.7. The highest BCUT2D eigenvalue weighted by atomic mass is 28.4. The fraction of sp³-hybridized carbons (Fsp3) is 0.323. The zero-order valence-corrected chi connectivity index (χ0v) is 24.4. The van der Waals surface area contributed by atoms with Gasteiger partial charge in [0.2, 0.25) is 0 Å². The molecule has 0 bridgehead atoms. The normalized spacial score (nSPS) is 22.4. The molecule has 0 radical (unpaired) electrons. The molecule has 0 unspecified atom stereocenters. The van der Waals surface area contributed by atoms with Crippen LogP contribution in [0.4, 0.5) is 0 Å². The number of benzene rings is 3. The lowest BCUT2D eigenvalue weighted by Crippen LogP contribution is -2.64. The molecule has 1 aliphatic heterocycles. The summed E-state index contributed by atoms with van der Waals surface area (Å²) in [6.45, 7) is 5.60. The first kappa shape index (κ1) is 30.1. The second-order valence-corrected chi connectivity index (χ2v) is 14.9. The fourth-order valence-corrected chi connectivity index (χ4v) is 5.44. The minimum atomic E-state index is -2.36. The van der Waals surface area contributed by atoms with E-state index in [0.717, 1.165) is 0 Å². The molecule has 1 fully saturated rings. The van der Waals surface area contributed by atoms with Gasteiger partial charge in [0, 0.05) is 7.11 Å². The van der Waals surface area contributed by atoms with E-state index in [1.807, 2.05) is 19.6 Å². The van der Waals surface area contributed by atoms with Gasteiger partial charge in [-0.1, -0.05) is 54.6 Å². The summed E-state index contributed by atoms with van der Waals surface area (Å²) in [5, 5.41) is 0. The highest BCUT2D eigenvalue weighted by Gasteiger charge is 2.53. The van der Waals surface area contributed by atoms with E-state index in [1.54, 1.807) is 91.0 Å². The fourth-order valence-electron chi connectivity index (χ4n) is 4.36. The van der Waals surface area contributed by atoms with Crippen molar-refractivity contribution in [3.8, 4) is 0 Å². The van der Waals surface area contributed by atoms with Crippen molar-refractivity contribution in [3.63, 3.8) is 0 Å². The van der Waals surface area contributed by atoms with Crippen LogP contribution in [0.2, 0.25) is 19.6 Å². The van der Waals surface area contributed by atoms with Gasteiger partial charge in [0.1, 0.15) is 18.8 Å². The number of ether oxygens (including phenoxy) is 5. The molecule has 0 saturated carbocycles. The maximum Gasteiger partial charge on any atom is 0.338 e. The minimum absolute atomic E-state index is 0.273. The summed E-state index contributed by atoms with van der Waals surface area (Å²) in [7, 11) is -0.954. The SMILES string of the molecule is CO[C@H]1O[C@H](COC(=O)c2ccccc2)[C@H](OC(=O)c2ccccc2)[C@H](O[Si](C)(C)C)[C@H]1OC(=O)c1ccccc1. The molecule has 4 rings (SSSR count). The summed E-state index contributed by atoms with van der Waals surface area (Å²) in [6, 6.07) is 25.4.